The number of carbonyl (C=O) groups excluding carboxylic acids is 2. The third-order valence-corrected chi connectivity index (χ3v) is 5.64. The zero-order chi connectivity index (χ0) is 19.5. The molecule has 2 aromatic carbocycles. The van der Waals surface area contributed by atoms with Gasteiger partial charge in [0, 0.05) is 35.7 Å². The van der Waals surface area contributed by atoms with E-state index in [1.807, 2.05) is 29.2 Å². The molecule has 0 aliphatic carbocycles. The fourth-order valence-corrected chi connectivity index (χ4v) is 3.88. The van der Waals surface area contributed by atoms with Crippen LogP contribution >= 0.6 is 22.9 Å². The second-order valence-electron chi connectivity index (χ2n) is 6.49. The lowest BCUT2D eigenvalue weighted by molar-refractivity contribution is -0.128. The van der Waals surface area contributed by atoms with Gasteiger partial charge in [0.1, 0.15) is 5.01 Å². The van der Waals surface area contributed by atoms with E-state index in [9.17, 15) is 9.59 Å². The average Bonchev–Trinajstić information content (AvgIpc) is 3.32. The van der Waals surface area contributed by atoms with Gasteiger partial charge in [-0.25, -0.2) is 0 Å². The van der Waals surface area contributed by atoms with E-state index in [0.29, 0.717) is 33.7 Å². The van der Waals surface area contributed by atoms with Crippen molar-refractivity contribution in [2.45, 2.75) is 19.4 Å². The Morgan fingerprint density at radius 3 is 2.54 bits per heavy atom. The van der Waals surface area contributed by atoms with E-state index in [1.54, 1.807) is 24.3 Å². The number of hydrogen-bond acceptors (Lipinski definition) is 5. The fraction of sp³-hybridized carbons (Fsp3) is 0.200. The molecule has 0 radical (unpaired) electrons. The van der Waals surface area contributed by atoms with Gasteiger partial charge in [-0.3, -0.25) is 14.9 Å². The normalized spacial score (nSPS) is 13.8. The van der Waals surface area contributed by atoms with Gasteiger partial charge in [-0.05, 0) is 36.2 Å². The number of halogens is 1. The van der Waals surface area contributed by atoms with Crippen LogP contribution in [0.15, 0.2) is 48.5 Å². The van der Waals surface area contributed by atoms with Gasteiger partial charge in [0.15, 0.2) is 0 Å². The summed E-state index contributed by atoms with van der Waals surface area (Å²) in [5.74, 6) is -0.0582. The molecular formula is C20H17ClN4O2S. The van der Waals surface area contributed by atoms with Gasteiger partial charge in [-0.15, -0.1) is 10.2 Å². The Kier molecular flexibility index (Phi) is 5.36. The molecule has 3 aromatic rings. The van der Waals surface area contributed by atoms with Crippen molar-refractivity contribution in [2.24, 2.45) is 0 Å². The third kappa shape index (κ3) is 4.21. The smallest absolute Gasteiger partial charge is 0.257 e. The van der Waals surface area contributed by atoms with E-state index in [-0.39, 0.29) is 11.8 Å². The maximum absolute atomic E-state index is 12.5. The maximum atomic E-state index is 12.5. The van der Waals surface area contributed by atoms with Gasteiger partial charge in [-0.1, -0.05) is 47.2 Å². The molecule has 0 unspecified atom stereocenters. The number of hydrogen-bond donors (Lipinski definition) is 1. The second-order valence-corrected chi connectivity index (χ2v) is 7.90. The molecule has 1 aliphatic heterocycles. The Hall–Kier alpha value is -2.77. The summed E-state index contributed by atoms with van der Waals surface area (Å²) in [7, 11) is 0. The van der Waals surface area contributed by atoms with Gasteiger partial charge < -0.3 is 4.90 Å². The van der Waals surface area contributed by atoms with Gasteiger partial charge in [0.05, 0.1) is 0 Å². The minimum Gasteiger partial charge on any atom is -0.338 e. The number of rotatable bonds is 5. The summed E-state index contributed by atoms with van der Waals surface area (Å²) in [6.45, 7) is 1.38. The Morgan fingerprint density at radius 2 is 1.86 bits per heavy atom. The Bertz CT molecular complexity index is 1000. The lowest BCUT2D eigenvalue weighted by Crippen LogP contribution is -2.23. The first kappa shape index (κ1) is 18.6. The van der Waals surface area contributed by atoms with Crippen LogP contribution in [-0.4, -0.2) is 33.5 Å². The van der Waals surface area contributed by atoms with Crippen LogP contribution in [0.4, 0.5) is 5.13 Å². The minimum atomic E-state index is -0.248. The van der Waals surface area contributed by atoms with Crippen LogP contribution in [0.25, 0.3) is 10.6 Å². The summed E-state index contributed by atoms with van der Waals surface area (Å²) in [6, 6.07) is 14.6. The summed E-state index contributed by atoms with van der Waals surface area (Å²) in [4.78, 5) is 26.0. The number of nitrogens with one attached hydrogen (secondary N) is 1. The van der Waals surface area contributed by atoms with E-state index in [4.69, 9.17) is 11.6 Å². The first-order valence-electron chi connectivity index (χ1n) is 8.86. The molecule has 1 saturated heterocycles. The molecule has 2 amide bonds. The SMILES string of the molecule is O=C(Nc1nnc(-c2ccc(Cl)cc2)s1)c1ccc(CN2CCCC2=O)cc1. The highest BCUT2D eigenvalue weighted by atomic mass is 35.5. The van der Waals surface area contributed by atoms with Gasteiger partial charge in [-0.2, -0.15) is 0 Å². The van der Waals surface area contributed by atoms with E-state index in [2.05, 4.69) is 15.5 Å². The van der Waals surface area contributed by atoms with Crippen molar-refractivity contribution in [3.8, 4) is 10.6 Å². The third-order valence-electron chi connectivity index (χ3n) is 4.50. The van der Waals surface area contributed by atoms with Crippen molar-refractivity contribution >= 4 is 39.9 Å². The van der Waals surface area contributed by atoms with Crippen LogP contribution in [0.3, 0.4) is 0 Å². The number of nitrogens with zero attached hydrogens (tertiary/aromatic N) is 3. The molecule has 142 valence electrons. The minimum absolute atomic E-state index is 0.189. The topological polar surface area (TPSA) is 75.2 Å². The molecule has 8 heteroatoms. The van der Waals surface area contributed by atoms with Crippen LogP contribution in [0.2, 0.25) is 5.02 Å². The highest BCUT2D eigenvalue weighted by molar-refractivity contribution is 7.18. The molecule has 4 rings (SSSR count). The van der Waals surface area contributed by atoms with Gasteiger partial charge >= 0.3 is 0 Å². The Labute approximate surface area is 171 Å². The summed E-state index contributed by atoms with van der Waals surface area (Å²) in [6.07, 6.45) is 1.54. The largest absolute Gasteiger partial charge is 0.338 e. The fourth-order valence-electron chi connectivity index (χ4n) is 3.01. The van der Waals surface area contributed by atoms with Crippen molar-refractivity contribution in [3.05, 3.63) is 64.7 Å². The molecule has 0 saturated carbocycles. The number of anilines is 1. The van der Waals surface area contributed by atoms with E-state index < -0.39 is 0 Å². The molecule has 6 nitrogen and oxygen atoms in total. The summed E-state index contributed by atoms with van der Waals surface area (Å²) >= 11 is 7.20. The number of aromatic nitrogens is 2. The zero-order valence-electron chi connectivity index (χ0n) is 14.9. The van der Waals surface area contributed by atoms with Crippen molar-refractivity contribution in [3.63, 3.8) is 0 Å². The average molecular weight is 413 g/mol. The summed E-state index contributed by atoms with van der Waals surface area (Å²) < 4.78 is 0. The summed E-state index contributed by atoms with van der Waals surface area (Å²) in [5.41, 5.74) is 2.43. The predicted molar refractivity (Wildman–Crippen MR) is 109 cm³/mol. The van der Waals surface area contributed by atoms with Gasteiger partial charge in [0.2, 0.25) is 11.0 Å². The van der Waals surface area contributed by atoms with Crippen LogP contribution in [0.5, 0.6) is 0 Å². The molecule has 28 heavy (non-hydrogen) atoms. The van der Waals surface area contributed by atoms with E-state index in [1.165, 1.54) is 11.3 Å². The highest BCUT2D eigenvalue weighted by Crippen LogP contribution is 2.27. The number of carbonyl (C=O) groups is 2. The molecule has 1 N–H and O–H groups in total. The Morgan fingerprint density at radius 1 is 1.11 bits per heavy atom. The quantitative estimate of drug-likeness (QED) is 0.680. The van der Waals surface area contributed by atoms with E-state index >= 15 is 0 Å². The van der Waals surface area contributed by atoms with Crippen LogP contribution < -0.4 is 5.32 Å². The van der Waals surface area contributed by atoms with Gasteiger partial charge in [0.25, 0.3) is 5.91 Å². The monoisotopic (exact) mass is 412 g/mol. The molecule has 2 heterocycles. The number of amides is 2. The number of likely N-dealkylation sites (tertiary alicyclic amines) is 1. The maximum Gasteiger partial charge on any atom is 0.257 e. The van der Waals surface area contributed by atoms with Crippen LogP contribution in [0.1, 0.15) is 28.8 Å². The first-order chi connectivity index (χ1) is 13.6. The second kappa shape index (κ2) is 8.08. The Balaban J connectivity index is 1.39. The molecular weight excluding hydrogens is 396 g/mol. The predicted octanol–water partition coefficient (Wildman–Crippen LogP) is 4.23. The van der Waals surface area contributed by atoms with Crippen molar-refractivity contribution < 1.29 is 9.59 Å². The molecule has 1 aliphatic rings. The van der Waals surface area contributed by atoms with Crippen molar-refractivity contribution in [2.75, 3.05) is 11.9 Å². The summed E-state index contributed by atoms with van der Waals surface area (Å²) in [5, 5.41) is 12.7. The zero-order valence-corrected chi connectivity index (χ0v) is 16.5. The lowest BCUT2D eigenvalue weighted by atomic mass is 10.1. The lowest BCUT2D eigenvalue weighted by Gasteiger charge is -2.15. The molecule has 1 aromatic heterocycles. The molecule has 1 fully saturated rings. The standard InChI is InChI=1S/C20H17ClN4O2S/c21-16-9-7-15(8-10-16)19-23-24-20(28-19)22-18(27)14-5-3-13(4-6-14)12-25-11-1-2-17(25)26/h3-10H,1-2,11-12H2,(H,22,24,27). The number of benzene rings is 2. The molecule has 0 bridgehead atoms. The van der Waals surface area contributed by atoms with Crippen LogP contribution in [0, 0.1) is 0 Å². The van der Waals surface area contributed by atoms with Crippen LogP contribution in [-0.2, 0) is 11.3 Å². The highest BCUT2D eigenvalue weighted by Gasteiger charge is 2.20. The molecule has 0 spiro atoms. The first-order valence-corrected chi connectivity index (χ1v) is 10.1. The molecule has 0 atom stereocenters. The van der Waals surface area contributed by atoms with Crippen molar-refractivity contribution in [1.29, 1.82) is 0 Å². The van der Waals surface area contributed by atoms with E-state index in [0.717, 1.165) is 24.1 Å². The van der Waals surface area contributed by atoms with Crippen molar-refractivity contribution in [1.82, 2.24) is 15.1 Å².